The molecule has 178 valence electrons. The molecule has 1 unspecified atom stereocenters. The first kappa shape index (κ1) is 24.7. The molecule has 2 heterocycles. The number of alkyl halides is 3. The average Bonchev–Trinajstić information content (AvgIpc) is 2.82. The molecule has 10 heteroatoms. The maximum atomic E-state index is 13.5. The third kappa shape index (κ3) is 6.09. The van der Waals surface area contributed by atoms with Crippen LogP contribution in [0.3, 0.4) is 0 Å². The van der Waals surface area contributed by atoms with Crippen LogP contribution in [0, 0.1) is 6.92 Å². The summed E-state index contributed by atoms with van der Waals surface area (Å²) in [4.78, 5) is 27.0. The van der Waals surface area contributed by atoms with Crippen LogP contribution in [0.25, 0.3) is 0 Å². The number of nitrogens with one attached hydrogen (secondary N) is 1. The number of amides is 1. The lowest BCUT2D eigenvalue weighted by Crippen LogP contribution is -2.33. The molecule has 3 N–H and O–H groups in total. The van der Waals surface area contributed by atoms with Crippen molar-refractivity contribution >= 4 is 17.7 Å². The number of rotatable bonds is 6. The minimum Gasteiger partial charge on any atom is -0.370 e. The van der Waals surface area contributed by atoms with Gasteiger partial charge in [0, 0.05) is 19.4 Å². The first-order valence-corrected chi connectivity index (χ1v) is 10.4. The molecule has 0 fully saturated rings. The highest BCUT2D eigenvalue weighted by Crippen LogP contribution is 2.29. The van der Waals surface area contributed by atoms with Crippen molar-refractivity contribution in [3.8, 4) is 0 Å². The predicted molar refractivity (Wildman–Crippen MR) is 124 cm³/mol. The summed E-state index contributed by atoms with van der Waals surface area (Å²) in [5, 5.41) is 2.79. The number of aromatic nitrogens is 2. The molecule has 0 aliphatic rings. The van der Waals surface area contributed by atoms with Gasteiger partial charge in [0.05, 0.1) is 29.4 Å². The van der Waals surface area contributed by atoms with Crippen LogP contribution < -0.4 is 11.1 Å². The number of aliphatic imine (C=N–C) groups is 1. The van der Waals surface area contributed by atoms with Gasteiger partial charge in [-0.05, 0) is 43.7 Å². The molecule has 0 aliphatic carbocycles. The maximum absolute atomic E-state index is 13.5. The van der Waals surface area contributed by atoms with E-state index in [-0.39, 0.29) is 24.5 Å². The number of hydrogen-bond acceptors (Lipinski definition) is 4. The van der Waals surface area contributed by atoms with Gasteiger partial charge in [-0.3, -0.25) is 14.8 Å². The van der Waals surface area contributed by atoms with Crippen molar-refractivity contribution in [2.45, 2.75) is 32.6 Å². The summed E-state index contributed by atoms with van der Waals surface area (Å²) in [7, 11) is 1.53. The van der Waals surface area contributed by atoms with Gasteiger partial charge in [0.15, 0.2) is 5.96 Å². The molecule has 7 nitrogen and oxygen atoms in total. The Morgan fingerprint density at radius 2 is 1.91 bits per heavy atom. The molecule has 0 bridgehead atoms. The number of aryl methyl sites for hydroxylation is 1. The van der Waals surface area contributed by atoms with Gasteiger partial charge in [0.2, 0.25) is 0 Å². The van der Waals surface area contributed by atoms with Gasteiger partial charge in [-0.2, -0.15) is 13.2 Å². The minimum atomic E-state index is -4.48. The monoisotopic (exact) mass is 470 g/mol. The lowest BCUT2D eigenvalue weighted by Gasteiger charge is -2.30. The molecule has 3 aromatic rings. The second-order valence-corrected chi connectivity index (χ2v) is 7.73. The van der Waals surface area contributed by atoms with Crippen molar-refractivity contribution in [1.29, 1.82) is 0 Å². The Bertz CT molecular complexity index is 1160. The van der Waals surface area contributed by atoms with Gasteiger partial charge < -0.3 is 16.0 Å². The molecule has 3 rings (SSSR count). The molecule has 0 saturated heterocycles. The van der Waals surface area contributed by atoms with E-state index in [1.165, 1.54) is 19.3 Å². The third-order valence-corrected chi connectivity index (χ3v) is 5.24. The fourth-order valence-corrected chi connectivity index (χ4v) is 3.30. The molecule has 0 spiro atoms. The summed E-state index contributed by atoms with van der Waals surface area (Å²) in [6, 6.07) is 12.8. The van der Waals surface area contributed by atoms with Crippen molar-refractivity contribution < 1.29 is 18.0 Å². The van der Waals surface area contributed by atoms with Crippen molar-refractivity contribution in [1.82, 2.24) is 14.9 Å². The zero-order valence-electron chi connectivity index (χ0n) is 19.0. The molecule has 2 aromatic heterocycles. The summed E-state index contributed by atoms with van der Waals surface area (Å²) < 4.78 is 38.8. The summed E-state index contributed by atoms with van der Waals surface area (Å²) in [6.07, 6.45) is -2.30. The van der Waals surface area contributed by atoms with Crippen molar-refractivity contribution in [2.24, 2.45) is 10.7 Å². The Kier molecular flexibility index (Phi) is 7.50. The number of hydrogen-bond donors (Lipinski definition) is 2. The topological polar surface area (TPSA) is 96.5 Å². The highest BCUT2D eigenvalue weighted by atomic mass is 19.4. The van der Waals surface area contributed by atoms with E-state index < -0.39 is 11.7 Å². The van der Waals surface area contributed by atoms with E-state index in [9.17, 15) is 18.0 Å². The minimum absolute atomic E-state index is 0.0154. The number of carbonyl (C=O) groups is 1. The summed E-state index contributed by atoms with van der Waals surface area (Å²) in [5.74, 6) is 0.254. The Hall–Kier alpha value is -3.95. The summed E-state index contributed by atoms with van der Waals surface area (Å²) in [6.45, 7) is 3.82. The average molecular weight is 470 g/mol. The van der Waals surface area contributed by atoms with Crippen LogP contribution in [-0.4, -0.2) is 33.8 Å². The SMILES string of the molecule is CN=C(N)Nc1ccc(C(=O)N(Cc2ccc(C(F)(F)F)cn2)C(C)c2cccc(C)c2)cn1. The van der Waals surface area contributed by atoms with Gasteiger partial charge in [0.1, 0.15) is 5.82 Å². The van der Waals surface area contributed by atoms with Gasteiger partial charge >= 0.3 is 6.18 Å². The summed E-state index contributed by atoms with van der Waals surface area (Å²) in [5.41, 5.74) is 7.35. The van der Waals surface area contributed by atoms with E-state index in [1.807, 2.05) is 38.1 Å². The molecular formula is C24H25F3N6O. The van der Waals surface area contributed by atoms with Crippen LogP contribution in [-0.2, 0) is 12.7 Å². The molecule has 0 aliphatic heterocycles. The molecule has 1 amide bonds. The van der Waals surface area contributed by atoms with E-state index >= 15 is 0 Å². The Morgan fingerprint density at radius 1 is 1.15 bits per heavy atom. The van der Waals surface area contributed by atoms with Crippen LogP contribution in [0.4, 0.5) is 19.0 Å². The summed E-state index contributed by atoms with van der Waals surface area (Å²) >= 11 is 0. The quantitative estimate of drug-likeness (QED) is 0.407. The number of nitrogens with zero attached hydrogens (tertiary/aromatic N) is 4. The normalized spacial score (nSPS) is 12.8. The number of carbonyl (C=O) groups excluding carboxylic acids is 1. The van der Waals surface area contributed by atoms with E-state index in [0.717, 1.165) is 23.4 Å². The lowest BCUT2D eigenvalue weighted by atomic mass is 10.0. The van der Waals surface area contributed by atoms with Crippen LogP contribution in [0.15, 0.2) is 65.9 Å². The molecule has 0 saturated carbocycles. The fraction of sp³-hybridized carbons (Fsp3) is 0.250. The van der Waals surface area contributed by atoms with Gasteiger partial charge in [-0.25, -0.2) is 4.98 Å². The molecule has 0 radical (unpaired) electrons. The van der Waals surface area contributed by atoms with E-state index in [4.69, 9.17) is 5.73 Å². The van der Waals surface area contributed by atoms with E-state index in [1.54, 1.807) is 17.0 Å². The number of anilines is 1. The van der Waals surface area contributed by atoms with Crippen LogP contribution in [0.1, 0.15) is 45.7 Å². The van der Waals surface area contributed by atoms with Crippen LogP contribution >= 0.6 is 0 Å². The highest BCUT2D eigenvalue weighted by Gasteiger charge is 2.31. The van der Waals surface area contributed by atoms with E-state index in [0.29, 0.717) is 17.1 Å². The second-order valence-electron chi connectivity index (χ2n) is 7.73. The third-order valence-electron chi connectivity index (χ3n) is 5.24. The van der Waals surface area contributed by atoms with Gasteiger partial charge in [-0.15, -0.1) is 0 Å². The van der Waals surface area contributed by atoms with Gasteiger partial charge in [-0.1, -0.05) is 29.8 Å². The zero-order chi connectivity index (χ0) is 24.9. The highest BCUT2D eigenvalue weighted by molar-refractivity contribution is 5.95. The predicted octanol–water partition coefficient (Wildman–Crippen LogP) is 4.56. The molecular weight excluding hydrogens is 445 g/mol. The fourth-order valence-electron chi connectivity index (χ4n) is 3.30. The first-order chi connectivity index (χ1) is 16.1. The second kappa shape index (κ2) is 10.3. The molecule has 1 aromatic carbocycles. The maximum Gasteiger partial charge on any atom is 0.417 e. The zero-order valence-corrected chi connectivity index (χ0v) is 19.0. The van der Waals surface area contributed by atoms with Crippen molar-refractivity contribution in [2.75, 3.05) is 12.4 Å². The molecule has 1 atom stereocenters. The van der Waals surface area contributed by atoms with E-state index in [2.05, 4.69) is 20.3 Å². The Balaban J connectivity index is 1.91. The van der Waals surface area contributed by atoms with Gasteiger partial charge in [0.25, 0.3) is 5.91 Å². The smallest absolute Gasteiger partial charge is 0.370 e. The van der Waals surface area contributed by atoms with Crippen molar-refractivity contribution in [3.05, 3.63) is 88.9 Å². The molecule has 34 heavy (non-hydrogen) atoms. The number of nitrogens with two attached hydrogens (primary N) is 1. The number of guanidine groups is 1. The largest absolute Gasteiger partial charge is 0.417 e. The van der Waals surface area contributed by atoms with Crippen molar-refractivity contribution in [3.63, 3.8) is 0 Å². The Morgan fingerprint density at radius 3 is 2.47 bits per heavy atom. The Labute approximate surface area is 195 Å². The lowest BCUT2D eigenvalue weighted by molar-refractivity contribution is -0.137. The number of pyridine rings is 2. The first-order valence-electron chi connectivity index (χ1n) is 10.4. The standard InChI is InChI=1S/C24H25F3N6O/c1-15-5-4-6-17(11-15)16(2)33(14-20-9-8-19(13-30-20)24(25,26)27)22(34)18-7-10-21(31-12-18)32-23(28)29-3/h4-13,16H,14H2,1-3H3,(H3,28,29,31,32). The van der Waals surface area contributed by atoms with Crippen LogP contribution in [0.5, 0.6) is 0 Å². The number of benzene rings is 1. The van der Waals surface area contributed by atoms with Crippen LogP contribution in [0.2, 0.25) is 0 Å². The number of halogens is 3.